The Morgan fingerprint density at radius 2 is 2.04 bits per heavy atom. The van der Waals surface area contributed by atoms with Gasteiger partial charge in [0, 0.05) is 18.1 Å². The Hall–Kier alpha value is -2.38. The van der Waals surface area contributed by atoms with Crippen LogP contribution >= 0.6 is 23.2 Å². The Kier molecular flexibility index (Phi) is 8.02. The fraction of sp³-hybridized carbons (Fsp3) is 0.368. The van der Waals surface area contributed by atoms with Crippen LogP contribution in [0.2, 0.25) is 10.4 Å². The number of ether oxygens (including phenoxy) is 2. The Morgan fingerprint density at radius 3 is 2.61 bits per heavy atom. The first kappa shape index (κ1) is 21.9. The summed E-state index contributed by atoms with van der Waals surface area (Å²) in [6.07, 6.45) is 0.669. The molecule has 152 valence electrons. The molecule has 9 heteroatoms. The molecule has 1 atom stereocenters. The minimum Gasteiger partial charge on any atom is -0.504 e. The van der Waals surface area contributed by atoms with E-state index in [9.17, 15) is 14.7 Å². The third-order valence-corrected chi connectivity index (χ3v) is 4.33. The van der Waals surface area contributed by atoms with Crippen molar-refractivity contribution in [3.63, 3.8) is 0 Å². The van der Waals surface area contributed by atoms with Gasteiger partial charge in [0.05, 0.1) is 20.1 Å². The number of halogens is 2. The molecule has 0 saturated heterocycles. The second-order valence-corrected chi connectivity index (χ2v) is 6.74. The van der Waals surface area contributed by atoms with Crippen molar-refractivity contribution < 1.29 is 28.6 Å². The van der Waals surface area contributed by atoms with E-state index >= 15 is 0 Å². The van der Waals surface area contributed by atoms with Gasteiger partial charge in [-0.3, -0.25) is 4.79 Å². The molecular formula is C19H21Cl2NO6. The second kappa shape index (κ2) is 10.2. The quantitative estimate of drug-likeness (QED) is 0.591. The van der Waals surface area contributed by atoms with Gasteiger partial charge < -0.3 is 24.3 Å². The van der Waals surface area contributed by atoms with E-state index in [1.165, 1.54) is 19.2 Å². The summed E-state index contributed by atoms with van der Waals surface area (Å²) in [5.74, 6) is -0.780. The van der Waals surface area contributed by atoms with Gasteiger partial charge in [-0.25, -0.2) is 4.79 Å². The topological polar surface area (TPSA) is 98.0 Å². The largest absolute Gasteiger partial charge is 0.504 e. The molecule has 1 aromatic heterocycles. The van der Waals surface area contributed by atoms with Gasteiger partial charge in [0.1, 0.15) is 6.04 Å². The second-order valence-electron chi connectivity index (χ2n) is 6.02. The van der Waals surface area contributed by atoms with E-state index in [2.05, 4.69) is 5.32 Å². The number of carbonyl (C=O) groups is 2. The molecule has 28 heavy (non-hydrogen) atoms. The minimum atomic E-state index is -0.961. The number of hydrogen-bond donors (Lipinski definition) is 2. The first-order chi connectivity index (χ1) is 13.3. The van der Waals surface area contributed by atoms with Crippen LogP contribution in [0.5, 0.6) is 11.5 Å². The summed E-state index contributed by atoms with van der Waals surface area (Å²) in [5.41, 5.74) is 1.04. The van der Waals surface area contributed by atoms with Crippen LogP contribution in [0.4, 0.5) is 0 Å². The van der Waals surface area contributed by atoms with E-state index in [0.717, 1.165) is 0 Å². The minimum absolute atomic E-state index is 0.0466. The number of aromatic hydroxyl groups is 1. The lowest BCUT2D eigenvalue weighted by Gasteiger charge is -2.17. The molecule has 2 N–H and O–H groups in total. The molecule has 2 rings (SSSR count). The van der Waals surface area contributed by atoms with Crippen LogP contribution in [0.3, 0.4) is 0 Å². The molecule has 0 saturated carbocycles. The zero-order valence-corrected chi connectivity index (χ0v) is 17.0. The molecule has 0 spiro atoms. The number of carbonyl (C=O) groups excluding carboxylic acids is 2. The van der Waals surface area contributed by atoms with Gasteiger partial charge in [0.25, 0.3) is 0 Å². The number of nitrogens with one attached hydrogen (secondary N) is 1. The molecule has 1 unspecified atom stereocenters. The number of amides is 1. The van der Waals surface area contributed by atoms with Crippen LogP contribution < -0.4 is 10.1 Å². The molecule has 7 nitrogen and oxygen atoms in total. The van der Waals surface area contributed by atoms with Gasteiger partial charge in [-0.05, 0) is 47.3 Å². The normalized spacial score (nSPS) is 11.7. The molecule has 1 amide bonds. The smallest absolute Gasteiger partial charge is 0.328 e. The molecule has 0 aliphatic heterocycles. The van der Waals surface area contributed by atoms with Crippen molar-refractivity contribution in [2.45, 2.75) is 32.2 Å². The number of phenolic OH excluding ortho intramolecular Hbond substituents is 1. The lowest BCUT2D eigenvalue weighted by molar-refractivity contribution is -0.147. The van der Waals surface area contributed by atoms with Gasteiger partial charge in [0.15, 0.2) is 21.9 Å². The Morgan fingerprint density at radius 1 is 1.29 bits per heavy atom. The van der Waals surface area contributed by atoms with Crippen LogP contribution in [0.1, 0.15) is 24.5 Å². The van der Waals surface area contributed by atoms with Crippen LogP contribution in [0.15, 0.2) is 28.7 Å². The summed E-state index contributed by atoms with van der Waals surface area (Å²) >= 11 is 11.7. The van der Waals surface area contributed by atoms with E-state index in [-0.39, 0.29) is 35.6 Å². The van der Waals surface area contributed by atoms with Crippen molar-refractivity contribution in [2.75, 3.05) is 13.7 Å². The highest BCUT2D eigenvalue weighted by atomic mass is 35.5. The summed E-state index contributed by atoms with van der Waals surface area (Å²) in [4.78, 5) is 24.8. The standard InChI is InChI=1S/C19H21Cl2NO6/c1-3-6-27-19(25)13(9-12-10-16(20)28-18(12)21)22-17(24)8-11-4-5-15(26-2)14(23)7-11/h4-5,7,10,13,23H,3,6,8-9H2,1-2H3,(H,22,24). The Bertz CT molecular complexity index is 836. The zero-order chi connectivity index (χ0) is 20.7. The van der Waals surface area contributed by atoms with Crippen LogP contribution in [0.25, 0.3) is 0 Å². The van der Waals surface area contributed by atoms with Crippen molar-refractivity contribution in [3.8, 4) is 11.5 Å². The maximum atomic E-state index is 12.4. The number of esters is 1. The van der Waals surface area contributed by atoms with Gasteiger partial charge in [-0.1, -0.05) is 13.0 Å². The molecule has 2 aromatic rings. The predicted molar refractivity (Wildman–Crippen MR) is 104 cm³/mol. The molecular weight excluding hydrogens is 409 g/mol. The summed E-state index contributed by atoms with van der Waals surface area (Å²) in [7, 11) is 1.43. The van der Waals surface area contributed by atoms with Gasteiger partial charge in [0.2, 0.25) is 5.91 Å². The summed E-state index contributed by atoms with van der Waals surface area (Å²) in [6.45, 7) is 2.10. The summed E-state index contributed by atoms with van der Waals surface area (Å²) in [5, 5.41) is 12.6. The monoisotopic (exact) mass is 429 g/mol. The van der Waals surface area contributed by atoms with Crippen molar-refractivity contribution >= 4 is 35.1 Å². The van der Waals surface area contributed by atoms with Crippen LogP contribution in [-0.2, 0) is 27.2 Å². The van der Waals surface area contributed by atoms with Crippen molar-refractivity contribution in [1.82, 2.24) is 5.32 Å². The SMILES string of the molecule is CCCOC(=O)C(Cc1cc(Cl)oc1Cl)NC(=O)Cc1ccc(OC)c(O)c1. The zero-order valence-electron chi connectivity index (χ0n) is 15.5. The van der Waals surface area contributed by atoms with E-state index in [0.29, 0.717) is 23.3 Å². The highest BCUT2D eigenvalue weighted by Gasteiger charge is 2.25. The maximum Gasteiger partial charge on any atom is 0.328 e. The van der Waals surface area contributed by atoms with E-state index in [1.807, 2.05) is 6.92 Å². The molecule has 0 bridgehead atoms. The average molecular weight is 430 g/mol. The summed E-state index contributed by atoms with van der Waals surface area (Å²) in [6, 6.07) is 5.15. The van der Waals surface area contributed by atoms with Crippen LogP contribution in [0, 0.1) is 0 Å². The summed E-state index contributed by atoms with van der Waals surface area (Å²) < 4.78 is 15.2. The third kappa shape index (κ3) is 6.07. The first-order valence-corrected chi connectivity index (χ1v) is 9.35. The lowest BCUT2D eigenvalue weighted by atomic mass is 10.1. The first-order valence-electron chi connectivity index (χ1n) is 8.59. The Balaban J connectivity index is 2.09. The third-order valence-electron chi connectivity index (χ3n) is 3.83. The van der Waals surface area contributed by atoms with Gasteiger partial charge >= 0.3 is 5.97 Å². The highest BCUT2D eigenvalue weighted by molar-refractivity contribution is 6.32. The van der Waals surface area contributed by atoms with Crippen molar-refractivity contribution in [2.24, 2.45) is 0 Å². The fourth-order valence-electron chi connectivity index (χ4n) is 2.51. The van der Waals surface area contributed by atoms with Crippen molar-refractivity contribution in [1.29, 1.82) is 0 Å². The molecule has 1 aromatic carbocycles. The molecule has 0 radical (unpaired) electrons. The average Bonchev–Trinajstić information content (AvgIpc) is 2.96. The van der Waals surface area contributed by atoms with Gasteiger partial charge in [-0.15, -0.1) is 0 Å². The number of phenols is 1. The fourth-order valence-corrected chi connectivity index (χ4v) is 2.97. The number of benzene rings is 1. The molecule has 1 heterocycles. The van der Waals surface area contributed by atoms with E-state index in [4.69, 9.17) is 37.1 Å². The molecule has 0 aliphatic carbocycles. The highest BCUT2D eigenvalue weighted by Crippen LogP contribution is 2.27. The number of rotatable bonds is 9. The van der Waals surface area contributed by atoms with Gasteiger partial charge in [-0.2, -0.15) is 0 Å². The number of methoxy groups -OCH3 is 1. The predicted octanol–water partition coefficient (Wildman–Crippen LogP) is 3.52. The maximum absolute atomic E-state index is 12.4. The van der Waals surface area contributed by atoms with Crippen molar-refractivity contribution in [3.05, 3.63) is 45.8 Å². The molecule has 0 aliphatic rings. The molecule has 0 fully saturated rings. The van der Waals surface area contributed by atoms with Crippen LogP contribution in [-0.4, -0.2) is 36.7 Å². The van der Waals surface area contributed by atoms with E-state index in [1.54, 1.807) is 12.1 Å². The Labute approximate surface area is 172 Å². The number of furan rings is 1. The van der Waals surface area contributed by atoms with E-state index < -0.39 is 17.9 Å². The number of hydrogen-bond acceptors (Lipinski definition) is 6. The lowest BCUT2D eigenvalue weighted by Crippen LogP contribution is -2.44.